The molecule has 7 heteroatoms. The van der Waals surface area contributed by atoms with E-state index in [1.807, 2.05) is 36.0 Å². The van der Waals surface area contributed by atoms with Gasteiger partial charge in [0.1, 0.15) is 0 Å². The normalized spacial score (nSPS) is 24.1. The van der Waals surface area contributed by atoms with Gasteiger partial charge in [-0.25, -0.2) is 8.42 Å². The van der Waals surface area contributed by atoms with E-state index in [0.717, 1.165) is 4.90 Å². The van der Waals surface area contributed by atoms with Gasteiger partial charge < -0.3 is 5.73 Å². The number of sulfonamides is 1. The van der Waals surface area contributed by atoms with Gasteiger partial charge in [-0.15, -0.1) is 11.8 Å². The molecule has 4 nitrogen and oxygen atoms in total. The molecule has 0 radical (unpaired) electrons. The summed E-state index contributed by atoms with van der Waals surface area (Å²) >= 11 is 3.36. The Morgan fingerprint density at radius 2 is 1.90 bits per heavy atom. The van der Waals surface area contributed by atoms with E-state index < -0.39 is 10.0 Å². The molecule has 1 aliphatic heterocycles. The first kappa shape index (κ1) is 17.0. The van der Waals surface area contributed by atoms with Crippen molar-refractivity contribution in [3.8, 4) is 0 Å². The van der Waals surface area contributed by atoms with Gasteiger partial charge in [-0.3, -0.25) is 0 Å². The van der Waals surface area contributed by atoms with Crippen molar-refractivity contribution in [2.45, 2.75) is 29.2 Å². The van der Waals surface area contributed by atoms with Crippen LogP contribution >= 0.6 is 23.5 Å². The summed E-state index contributed by atoms with van der Waals surface area (Å²) in [6.45, 7) is 5.41. The van der Waals surface area contributed by atoms with Gasteiger partial charge in [0.05, 0.1) is 5.75 Å². The molecule has 2 rings (SSSR count). The number of hydrogen-bond acceptors (Lipinski definition) is 5. The number of nitrogen functional groups attached to an aromatic ring is 1. The number of benzene rings is 1. The largest absolute Gasteiger partial charge is 0.398 e. The van der Waals surface area contributed by atoms with Gasteiger partial charge in [-0.2, -0.15) is 16.1 Å². The van der Waals surface area contributed by atoms with Crippen molar-refractivity contribution in [1.29, 1.82) is 0 Å². The van der Waals surface area contributed by atoms with Crippen molar-refractivity contribution in [3.63, 3.8) is 0 Å². The fraction of sp³-hybridized carbons (Fsp3) is 0.571. The molecular weight excluding hydrogens is 324 g/mol. The Kier molecular flexibility index (Phi) is 5.88. The second-order valence-electron chi connectivity index (χ2n) is 5.28. The maximum atomic E-state index is 12.4. The minimum atomic E-state index is -3.17. The van der Waals surface area contributed by atoms with Crippen LogP contribution in [0.5, 0.6) is 0 Å². The molecule has 1 aliphatic rings. The summed E-state index contributed by atoms with van der Waals surface area (Å²) in [5.74, 6) is 0.694. The quantitative estimate of drug-likeness (QED) is 0.656. The predicted octanol–water partition coefficient (Wildman–Crippen LogP) is 2.52. The van der Waals surface area contributed by atoms with E-state index >= 15 is 0 Å². The Bertz CT molecular complexity index is 567. The van der Waals surface area contributed by atoms with Gasteiger partial charge >= 0.3 is 0 Å². The average Bonchev–Trinajstić information content (AvgIpc) is 2.40. The van der Waals surface area contributed by atoms with Crippen molar-refractivity contribution < 1.29 is 8.42 Å². The van der Waals surface area contributed by atoms with E-state index in [9.17, 15) is 8.42 Å². The second kappa shape index (κ2) is 7.26. The maximum Gasteiger partial charge on any atom is 0.214 e. The lowest BCUT2D eigenvalue weighted by Gasteiger charge is -2.33. The molecular formula is C14H22N2O2S3. The van der Waals surface area contributed by atoms with Crippen LogP contribution in [0.4, 0.5) is 5.69 Å². The zero-order valence-corrected chi connectivity index (χ0v) is 14.8. The molecule has 2 unspecified atom stereocenters. The third-order valence-electron chi connectivity index (χ3n) is 3.30. The van der Waals surface area contributed by atoms with Crippen LogP contribution in [-0.4, -0.2) is 47.8 Å². The molecule has 0 aromatic heterocycles. The van der Waals surface area contributed by atoms with Crippen LogP contribution in [0.2, 0.25) is 0 Å². The van der Waals surface area contributed by atoms with Gasteiger partial charge in [-0.1, -0.05) is 26.0 Å². The van der Waals surface area contributed by atoms with Crippen LogP contribution in [-0.2, 0) is 10.0 Å². The standard InChI is InChI=1S/C14H22N2O2S3/c1-11-9-16(10-12(2)20-11)21(17,18)8-7-19-14-6-4-3-5-13(14)15/h3-6,11-12H,7-10,15H2,1-2H3. The molecule has 118 valence electrons. The first-order valence-electron chi connectivity index (χ1n) is 6.99. The summed E-state index contributed by atoms with van der Waals surface area (Å²) < 4.78 is 26.5. The van der Waals surface area contributed by atoms with Gasteiger partial charge in [0.2, 0.25) is 10.0 Å². The van der Waals surface area contributed by atoms with E-state index in [0.29, 0.717) is 35.0 Å². The topological polar surface area (TPSA) is 63.4 Å². The summed E-state index contributed by atoms with van der Waals surface area (Å²) in [6, 6.07) is 7.55. The van der Waals surface area contributed by atoms with E-state index in [4.69, 9.17) is 5.73 Å². The molecule has 0 bridgehead atoms. The number of rotatable bonds is 5. The van der Waals surface area contributed by atoms with Crippen LogP contribution in [0.1, 0.15) is 13.8 Å². The molecule has 1 aromatic rings. The second-order valence-corrected chi connectivity index (χ2v) is 10.4. The molecule has 2 N–H and O–H groups in total. The number of thioether (sulfide) groups is 2. The highest BCUT2D eigenvalue weighted by atomic mass is 32.2. The SMILES string of the molecule is CC1CN(S(=O)(=O)CCSc2ccccc2N)CC(C)S1. The summed E-state index contributed by atoms with van der Waals surface area (Å²) in [5.41, 5.74) is 6.57. The molecule has 0 spiro atoms. The number of para-hydroxylation sites is 1. The van der Waals surface area contributed by atoms with Gasteiger partial charge in [0.15, 0.2) is 0 Å². The molecule has 1 saturated heterocycles. The minimum absolute atomic E-state index is 0.163. The highest BCUT2D eigenvalue weighted by molar-refractivity contribution is 8.01. The molecule has 21 heavy (non-hydrogen) atoms. The van der Waals surface area contributed by atoms with Gasteiger partial charge in [-0.05, 0) is 12.1 Å². The first-order chi connectivity index (χ1) is 9.88. The zero-order valence-electron chi connectivity index (χ0n) is 12.4. The third kappa shape index (κ3) is 4.81. The Balaban J connectivity index is 1.91. The first-order valence-corrected chi connectivity index (χ1v) is 10.5. The summed E-state index contributed by atoms with van der Waals surface area (Å²) in [6.07, 6.45) is 0. The molecule has 2 atom stereocenters. The highest BCUT2D eigenvalue weighted by Gasteiger charge is 2.30. The van der Waals surface area contributed by atoms with E-state index in [1.165, 1.54) is 11.8 Å². The Labute approximate surface area is 135 Å². The zero-order chi connectivity index (χ0) is 15.5. The Morgan fingerprint density at radius 3 is 2.52 bits per heavy atom. The summed E-state index contributed by atoms with van der Waals surface area (Å²) in [4.78, 5) is 0.948. The van der Waals surface area contributed by atoms with Gasteiger partial charge in [0.25, 0.3) is 0 Å². The van der Waals surface area contributed by atoms with Gasteiger partial charge in [0, 0.05) is 39.9 Å². The van der Waals surface area contributed by atoms with Crippen LogP contribution in [0.25, 0.3) is 0 Å². The van der Waals surface area contributed by atoms with E-state index in [-0.39, 0.29) is 5.75 Å². The van der Waals surface area contributed by atoms with Crippen molar-refractivity contribution in [3.05, 3.63) is 24.3 Å². The Hall–Kier alpha value is -0.370. The fourth-order valence-electron chi connectivity index (χ4n) is 2.36. The molecule has 0 saturated carbocycles. The number of nitrogens with zero attached hydrogens (tertiary/aromatic N) is 1. The lowest BCUT2D eigenvalue weighted by molar-refractivity contribution is 0.406. The Morgan fingerprint density at radius 1 is 1.29 bits per heavy atom. The van der Waals surface area contributed by atoms with Crippen LogP contribution in [0, 0.1) is 0 Å². The third-order valence-corrected chi connectivity index (χ3v) is 7.68. The van der Waals surface area contributed by atoms with Crippen molar-refractivity contribution >= 4 is 39.2 Å². The number of nitrogens with two attached hydrogens (primary N) is 1. The molecule has 1 aromatic carbocycles. The van der Waals surface area contributed by atoms with E-state index in [2.05, 4.69) is 13.8 Å². The highest BCUT2D eigenvalue weighted by Crippen LogP contribution is 2.28. The van der Waals surface area contributed by atoms with Crippen LogP contribution in [0.15, 0.2) is 29.2 Å². The molecule has 1 heterocycles. The smallest absolute Gasteiger partial charge is 0.214 e. The fourth-order valence-corrected chi connectivity index (χ4v) is 6.83. The number of hydrogen-bond donors (Lipinski definition) is 1. The monoisotopic (exact) mass is 346 g/mol. The van der Waals surface area contributed by atoms with Crippen molar-refractivity contribution in [2.24, 2.45) is 0 Å². The van der Waals surface area contributed by atoms with Crippen LogP contribution < -0.4 is 5.73 Å². The van der Waals surface area contributed by atoms with Crippen molar-refractivity contribution in [1.82, 2.24) is 4.31 Å². The van der Waals surface area contributed by atoms with Crippen molar-refractivity contribution in [2.75, 3.05) is 30.3 Å². The number of anilines is 1. The molecule has 0 aliphatic carbocycles. The minimum Gasteiger partial charge on any atom is -0.398 e. The molecule has 0 amide bonds. The van der Waals surface area contributed by atoms with E-state index in [1.54, 1.807) is 4.31 Å². The predicted molar refractivity (Wildman–Crippen MR) is 93.5 cm³/mol. The molecule has 1 fully saturated rings. The summed E-state index contributed by atoms with van der Waals surface area (Å²) in [5, 5.41) is 0.724. The van der Waals surface area contributed by atoms with Crippen LogP contribution in [0.3, 0.4) is 0 Å². The lowest BCUT2D eigenvalue weighted by Crippen LogP contribution is -2.45. The maximum absolute atomic E-state index is 12.4. The lowest BCUT2D eigenvalue weighted by atomic mass is 10.3. The summed E-state index contributed by atoms with van der Waals surface area (Å²) in [7, 11) is -3.17. The average molecular weight is 347 g/mol.